The van der Waals surface area contributed by atoms with Gasteiger partial charge in [-0.15, -0.1) is 0 Å². The number of benzene rings is 2. The number of nitrogens with one attached hydrogen (secondary N) is 2. The first-order valence-corrected chi connectivity index (χ1v) is 9.23. The standard InChI is InChI=1S/C21H21ClN2O5/c1-12-18(20(25)28-3)19(24-21(26)23-12)13-8-9-16(27-2)17(10-13)29-11-14-6-4-5-7-15(14)22/h4-10,19H,11H2,1-3H3,(H2,23,24,26). The molecule has 2 aromatic rings. The van der Waals surface area contributed by atoms with Crippen LogP contribution in [0.25, 0.3) is 0 Å². The largest absolute Gasteiger partial charge is 0.493 e. The van der Waals surface area contributed by atoms with Gasteiger partial charge in [-0.3, -0.25) is 0 Å². The van der Waals surface area contributed by atoms with Crippen molar-refractivity contribution in [1.82, 2.24) is 10.6 Å². The average Bonchev–Trinajstić information content (AvgIpc) is 2.72. The Bertz CT molecular complexity index is 973. The maximum Gasteiger partial charge on any atom is 0.337 e. The maximum absolute atomic E-state index is 12.3. The number of hydrogen-bond acceptors (Lipinski definition) is 5. The van der Waals surface area contributed by atoms with Crippen LogP contribution < -0.4 is 20.1 Å². The lowest BCUT2D eigenvalue weighted by atomic mass is 9.95. The smallest absolute Gasteiger partial charge is 0.337 e. The molecule has 1 aliphatic heterocycles. The summed E-state index contributed by atoms with van der Waals surface area (Å²) in [5.41, 5.74) is 2.21. The Hall–Kier alpha value is -3.19. The lowest BCUT2D eigenvalue weighted by Crippen LogP contribution is -2.45. The monoisotopic (exact) mass is 416 g/mol. The number of ether oxygens (including phenoxy) is 3. The number of halogens is 1. The van der Waals surface area contributed by atoms with Gasteiger partial charge in [0.05, 0.1) is 25.8 Å². The second kappa shape index (κ2) is 8.87. The normalized spacial score (nSPS) is 16.0. The van der Waals surface area contributed by atoms with Crippen LogP contribution in [-0.2, 0) is 16.1 Å². The molecule has 0 radical (unpaired) electrons. The molecule has 0 bridgehead atoms. The third kappa shape index (κ3) is 4.46. The lowest BCUT2D eigenvalue weighted by Gasteiger charge is -2.28. The van der Waals surface area contributed by atoms with Gasteiger partial charge in [0, 0.05) is 16.3 Å². The Balaban J connectivity index is 1.95. The molecule has 152 valence electrons. The predicted octanol–water partition coefficient (Wildman–Crippen LogP) is 3.73. The summed E-state index contributed by atoms with van der Waals surface area (Å²) >= 11 is 6.20. The molecule has 0 fully saturated rings. The fourth-order valence-corrected chi connectivity index (χ4v) is 3.27. The van der Waals surface area contributed by atoms with Crippen LogP contribution in [0.3, 0.4) is 0 Å². The van der Waals surface area contributed by atoms with Gasteiger partial charge in [-0.1, -0.05) is 35.9 Å². The van der Waals surface area contributed by atoms with E-state index in [1.54, 1.807) is 31.2 Å². The molecule has 2 amide bonds. The van der Waals surface area contributed by atoms with Gasteiger partial charge in [-0.25, -0.2) is 9.59 Å². The van der Waals surface area contributed by atoms with Gasteiger partial charge in [0.1, 0.15) is 6.61 Å². The first kappa shape index (κ1) is 20.5. The van der Waals surface area contributed by atoms with E-state index in [1.807, 2.05) is 18.2 Å². The SMILES string of the molecule is COC(=O)C1=C(C)NC(=O)NC1c1ccc(OC)c(OCc2ccccc2Cl)c1. The maximum atomic E-state index is 12.3. The minimum absolute atomic E-state index is 0.233. The summed E-state index contributed by atoms with van der Waals surface area (Å²) in [5.74, 6) is 0.440. The summed E-state index contributed by atoms with van der Waals surface area (Å²) in [6, 6.07) is 11.5. The molecule has 29 heavy (non-hydrogen) atoms. The number of carbonyl (C=O) groups excluding carboxylic acids is 2. The highest BCUT2D eigenvalue weighted by molar-refractivity contribution is 6.31. The average molecular weight is 417 g/mol. The highest BCUT2D eigenvalue weighted by Gasteiger charge is 2.32. The zero-order chi connectivity index (χ0) is 21.0. The third-order valence-corrected chi connectivity index (χ3v) is 4.91. The van der Waals surface area contributed by atoms with Crippen molar-refractivity contribution in [2.75, 3.05) is 14.2 Å². The zero-order valence-electron chi connectivity index (χ0n) is 16.2. The molecule has 1 aliphatic rings. The van der Waals surface area contributed by atoms with E-state index in [-0.39, 0.29) is 6.61 Å². The molecule has 8 heteroatoms. The van der Waals surface area contributed by atoms with Gasteiger partial charge in [-0.05, 0) is 30.7 Å². The summed E-state index contributed by atoms with van der Waals surface area (Å²) in [6.07, 6.45) is 0. The minimum atomic E-state index is -0.690. The number of carbonyl (C=O) groups is 2. The van der Waals surface area contributed by atoms with Crippen molar-refractivity contribution in [3.05, 3.63) is 69.9 Å². The van der Waals surface area contributed by atoms with Crippen LogP contribution in [0.5, 0.6) is 11.5 Å². The van der Waals surface area contributed by atoms with Crippen molar-refractivity contribution in [3.63, 3.8) is 0 Å². The molecule has 1 heterocycles. The highest BCUT2D eigenvalue weighted by atomic mass is 35.5. The highest BCUT2D eigenvalue weighted by Crippen LogP contribution is 2.35. The van der Waals surface area contributed by atoms with Gasteiger partial charge in [-0.2, -0.15) is 0 Å². The number of allylic oxidation sites excluding steroid dienone is 1. The fourth-order valence-electron chi connectivity index (χ4n) is 3.08. The zero-order valence-corrected chi connectivity index (χ0v) is 17.0. The topological polar surface area (TPSA) is 85.9 Å². The summed E-state index contributed by atoms with van der Waals surface area (Å²) in [6.45, 7) is 1.88. The molecule has 3 rings (SSSR count). The number of esters is 1. The molecular weight excluding hydrogens is 396 g/mol. The molecule has 1 unspecified atom stereocenters. The number of urea groups is 1. The molecule has 0 aromatic heterocycles. The molecule has 0 spiro atoms. The number of methoxy groups -OCH3 is 2. The molecule has 0 saturated heterocycles. The summed E-state index contributed by atoms with van der Waals surface area (Å²) in [7, 11) is 2.83. The van der Waals surface area contributed by atoms with Crippen LogP contribution in [0.4, 0.5) is 4.79 Å². The number of amides is 2. The Morgan fingerprint density at radius 2 is 1.90 bits per heavy atom. The van der Waals surface area contributed by atoms with Crippen LogP contribution in [0.2, 0.25) is 5.02 Å². The van der Waals surface area contributed by atoms with Crippen molar-refractivity contribution in [2.45, 2.75) is 19.6 Å². The van der Waals surface area contributed by atoms with Crippen LogP contribution in [-0.4, -0.2) is 26.2 Å². The predicted molar refractivity (Wildman–Crippen MR) is 108 cm³/mol. The number of hydrogen-bond donors (Lipinski definition) is 2. The van der Waals surface area contributed by atoms with Crippen molar-refractivity contribution >= 4 is 23.6 Å². The minimum Gasteiger partial charge on any atom is -0.493 e. The summed E-state index contributed by atoms with van der Waals surface area (Å²) in [4.78, 5) is 24.3. The molecular formula is C21H21ClN2O5. The van der Waals surface area contributed by atoms with E-state index in [0.717, 1.165) is 5.56 Å². The quantitative estimate of drug-likeness (QED) is 0.701. The fraction of sp³-hybridized carbons (Fsp3) is 0.238. The van der Waals surface area contributed by atoms with E-state index in [9.17, 15) is 9.59 Å². The lowest BCUT2D eigenvalue weighted by molar-refractivity contribution is -0.136. The van der Waals surface area contributed by atoms with E-state index in [2.05, 4.69) is 10.6 Å². The Kier molecular flexibility index (Phi) is 6.29. The molecule has 0 saturated carbocycles. The second-order valence-electron chi connectivity index (χ2n) is 6.35. The van der Waals surface area contributed by atoms with Crippen LogP contribution >= 0.6 is 11.6 Å². The van der Waals surface area contributed by atoms with Crippen molar-refractivity contribution < 1.29 is 23.8 Å². The number of rotatable bonds is 6. The Morgan fingerprint density at radius 1 is 1.14 bits per heavy atom. The van der Waals surface area contributed by atoms with Crippen molar-refractivity contribution in [2.24, 2.45) is 0 Å². The van der Waals surface area contributed by atoms with Gasteiger partial charge in [0.2, 0.25) is 0 Å². The molecule has 2 aromatic carbocycles. The van der Waals surface area contributed by atoms with E-state index in [1.165, 1.54) is 14.2 Å². The van der Waals surface area contributed by atoms with E-state index >= 15 is 0 Å². The molecule has 0 aliphatic carbocycles. The summed E-state index contributed by atoms with van der Waals surface area (Å²) in [5, 5.41) is 5.94. The molecule has 7 nitrogen and oxygen atoms in total. The molecule has 1 atom stereocenters. The van der Waals surface area contributed by atoms with E-state index < -0.39 is 18.0 Å². The van der Waals surface area contributed by atoms with Gasteiger partial charge in [0.25, 0.3) is 0 Å². The van der Waals surface area contributed by atoms with Gasteiger partial charge in [0.15, 0.2) is 11.5 Å². The van der Waals surface area contributed by atoms with E-state index in [0.29, 0.717) is 33.4 Å². The Morgan fingerprint density at radius 3 is 2.59 bits per heavy atom. The molecule has 2 N–H and O–H groups in total. The van der Waals surface area contributed by atoms with Crippen molar-refractivity contribution in [1.29, 1.82) is 0 Å². The van der Waals surface area contributed by atoms with Crippen molar-refractivity contribution in [3.8, 4) is 11.5 Å². The van der Waals surface area contributed by atoms with Crippen LogP contribution in [0.1, 0.15) is 24.1 Å². The van der Waals surface area contributed by atoms with Crippen LogP contribution in [0, 0.1) is 0 Å². The summed E-state index contributed by atoms with van der Waals surface area (Å²) < 4.78 is 16.2. The first-order valence-electron chi connectivity index (χ1n) is 8.85. The Labute approximate surface area is 173 Å². The second-order valence-corrected chi connectivity index (χ2v) is 6.76. The van der Waals surface area contributed by atoms with Gasteiger partial charge < -0.3 is 24.8 Å². The first-order chi connectivity index (χ1) is 13.9. The van der Waals surface area contributed by atoms with Crippen LogP contribution in [0.15, 0.2) is 53.7 Å². The van der Waals surface area contributed by atoms with Gasteiger partial charge >= 0.3 is 12.0 Å². The third-order valence-electron chi connectivity index (χ3n) is 4.54. The van der Waals surface area contributed by atoms with E-state index in [4.69, 9.17) is 25.8 Å².